The minimum Gasteiger partial charge on any atom is -0.337 e. The van der Waals surface area contributed by atoms with Gasteiger partial charge in [0.1, 0.15) is 0 Å². The lowest BCUT2D eigenvalue weighted by molar-refractivity contribution is -0.131. The van der Waals surface area contributed by atoms with Crippen molar-refractivity contribution in [2.75, 3.05) is 20.1 Å². The monoisotopic (exact) mass is 432 g/mol. The van der Waals surface area contributed by atoms with E-state index >= 15 is 0 Å². The van der Waals surface area contributed by atoms with E-state index in [4.69, 9.17) is 23.2 Å². The first-order valence-electron chi connectivity index (χ1n) is 10.2. The average Bonchev–Trinajstić information content (AvgIpc) is 3.29. The van der Waals surface area contributed by atoms with Crippen LogP contribution < -0.4 is 0 Å². The quantitative estimate of drug-likeness (QED) is 0.584. The number of halogens is 2. The Labute approximate surface area is 184 Å². The van der Waals surface area contributed by atoms with E-state index in [1.807, 2.05) is 24.1 Å². The summed E-state index contributed by atoms with van der Waals surface area (Å²) in [7, 11) is 1.95. The molecule has 156 valence electrons. The van der Waals surface area contributed by atoms with E-state index in [1.54, 1.807) is 19.1 Å². The molecular formula is C24H30Cl2N2O. The van der Waals surface area contributed by atoms with Gasteiger partial charge in [0.25, 0.3) is 0 Å². The Bertz CT molecular complexity index is 840. The zero-order chi connectivity index (χ0) is 21.2. The molecule has 1 amide bonds. The van der Waals surface area contributed by atoms with Gasteiger partial charge < -0.3 is 4.90 Å². The molecule has 0 spiro atoms. The maximum Gasteiger partial charge on any atom is 0.219 e. The molecule has 1 fully saturated rings. The van der Waals surface area contributed by atoms with Gasteiger partial charge in [-0.05, 0) is 49.2 Å². The Balaban J connectivity index is 0.000000252. The predicted molar refractivity (Wildman–Crippen MR) is 122 cm³/mol. The fraction of sp³-hybridized carbons (Fsp3) is 0.458. The number of fused-ring (bicyclic) bond motifs is 1. The van der Waals surface area contributed by atoms with Crippen molar-refractivity contribution in [1.82, 2.24) is 9.80 Å². The molecule has 29 heavy (non-hydrogen) atoms. The summed E-state index contributed by atoms with van der Waals surface area (Å²) in [6.07, 6.45) is 2.55. The fourth-order valence-electron chi connectivity index (χ4n) is 4.80. The minimum absolute atomic E-state index is 0.0787. The number of nitrogens with zero attached hydrogens (tertiary/aromatic N) is 2. The van der Waals surface area contributed by atoms with E-state index in [0.29, 0.717) is 16.1 Å². The van der Waals surface area contributed by atoms with Gasteiger partial charge in [-0.15, -0.1) is 0 Å². The van der Waals surface area contributed by atoms with Crippen LogP contribution in [0.3, 0.4) is 0 Å². The van der Waals surface area contributed by atoms with Crippen molar-refractivity contribution in [3.63, 3.8) is 0 Å². The predicted octanol–water partition coefficient (Wildman–Crippen LogP) is 5.96. The number of likely N-dealkylation sites (N-methyl/N-ethyl adjacent to an activating group) is 1. The Hall–Kier alpha value is -1.55. The molecule has 0 aromatic heterocycles. The highest BCUT2D eigenvalue weighted by atomic mass is 35.5. The largest absolute Gasteiger partial charge is 0.337 e. The van der Waals surface area contributed by atoms with Gasteiger partial charge in [-0.3, -0.25) is 9.69 Å². The number of carbonyl (C=O) groups excluding carboxylic acids is 1. The van der Waals surface area contributed by atoms with Crippen LogP contribution in [0.2, 0.25) is 10.0 Å². The van der Waals surface area contributed by atoms with Crippen molar-refractivity contribution >= 4 is 29.1 Å². The van der Waals surface area contributed by atoms with E-state index in [0.717, 1.165) is 13.1 Å². The van der Waals surface area contributed by atoms with Crippen LogP contribution >= 0.6 is 23.2 Å². The van der Waals surface area contributed by atoms with E-state index in [1.165, 1.54) is 24.0 Å². The highest BCUT2D eigenvalue weighted by Gasteiger charge is 2.51. The first-order chi connectivity index (χ1) is 13.7. The van der Waals surface area contributed by atoms with Crippen molar-refractivity contribution in [3.8, 4) is 0 Å². The Morgan fingerprint density at radius 3 is 2.03 bits per heavy atom. The third-order valence-corrected chi connectivity index (χ3v) is 7.04. The summed E-state index contributed by atoms with van der Waals surface area (Å²) in [4.78, 5) is 16.6. The van der Waals surface area contributed by atoms with Crippen LogP contribution in [0.4, 0.5) is 0 Å². The molecule has 0 bridgehead atoms. The number of amides is 1. The summed E-state index contributed by atoms with van der Waals surface area (Å²) in [6, 6.07) is 16.4. The standard InChI is InChI=1S/C18H26N2O.C6H4Cl2/c1-13(21)19(4)16-14-9-5-6-10-15(14)18(2,3)17(16)20-11-7-8-12-20;7-5-3-1-2-4-6(5)8/h5-6,9-10,16-17H,7-8,11-12H2,1-4H3;1-4H. The van der Waals surface area contributed by atoms with Crippen molar-refractivity contribution in [1.29, 1.82) is 0 Å². The van der Waals surface area contributed by atoms with Gasteiger partial charge >= 0.3 is 0 Å². The highest BCUT2D eigenvalue weighted by molar-refractivity contribution is 6.41. The second-order valence-electron chi connectivity index (χ2n) is 8.49. The van der Waals surface area contributed by atoms with Crippen LogP contribution in [0.25, 0.3) is 0 Å². The van der Waals surface area contributed by atoms with E-state index < -0.39 is 0 Å². The van der Waals surface area contributed by atoms with Gasteiger partial charge in [0, 0.05) is 25.4 Å². The molecule has 1 saturated heterocycles. The Morgan fingerprint density at radius 1 is 1.00 bits per heavy atom. The van der Waals surface area contributed by atoms with Crippen LogP contribution in [0, 0.1) is 0 Å². The molecule has 0 saturated carbocycles. The van der Waals surface area contributed by atoms with Crippen LogP contribution in [0.1, 0.15) is 50.8 Å². The molecule has 0 radical (unpaired) electrons. The summed E-state index contributed by atoms with van der Waals surface area (Å²) in [5.74, 6) is 0.150. The fourth-order valence-corrected chi connectivity index (χ4v) is 5.07. The molecule has 3 nitrogen and oxygen atoms in total. The zero-order valence-electron chi connectivity index (χ0n) is 17.7. The molecule has 1 heterocycles. The highest BCUT2D eigenvalue weighted by Crippen LogP contribution is 2.50. The molecule has 1 aliphatic heterocycles. The van der Waals surface area contributed by atoms with Crippen molar-refractivity contribution in [3.05, 3.63) is 69.7 Å². The Kier molecular flexibility index (Phi) is 6.93. The normalized spacial score (nSPS) is 22.6. The van der Waals surface area contributed by atoms with Gasteiger partial charge in [0.05, 0.1) is 16.1 Å². The summed E-state index contributed by atoms with van der Waals surface area (Å²) in [5, 5.41) is 1.21. The first kappa shape index (κ1) is 22.1. The van der Waals surface area contributed by atoms with Gasteiger partial charge in [-0.1, -0.05) is 73.4 Å². The number of rotatable bonds is 2. The molecular weight excluding hydrogens is 403 g/mol. The van der Waals surface area contributed by atoms with Gasteiger partial charge in [0.2, 0.25) is 5.91 Å². The van der Waals surface area contributed by atoms with Gasteiger partial charge in [0.15, 0.2) is 0 Å². The van der Waals surface area contributed by atoms with Crippen LogP contribution in [0.5, 0.6) is 0 Å². The lowest BCUT2D eigenvalue weighted by Gasteiger charge is -2.41. The molecule has 2 atom stereocenters. The smallest absolute Gasteiger partial charge is 0.219 e. The third-order valence-electron chi connectivity index (χ3n) is 6.28. The van der Waals surface area contributed by atoms with Gasteiger partial charge in [-0.25, -0.2) is 0 Å². The van der Waals surface area contributed by atoms with E-state index in [-0.39, 0.29) is 17.4 Å². The number of carbonyl (C=O) groups is 1. The SMILES string of the molecule is CC(=O)N(C)C1c2ccccc2C(C)(C)C1N1CCCC1.Clc1ccccc1Cl. The molecule has 1 aliphatic carbocycles. The summed E-state index contributed by atoms with van der Waals surface area (Å²) < 4.78 is 0. The summed E-state index contributed by atoms with van der Waals surface area (Å²) in [6.45, 7) is 8.66. The molecule has 2 aliphatic rings. The second-order valence-corrected chi connectivity index (χ2v) is 9.30. The number of benzene rings is 2. The molecule has 5 heteroatoms. The molecule has 2 unspecified atom stereocenters. The molecule has 0 N–H and O–H groups in total. The zero-order valence-corrected chi connectivity index (χ0v) is 19.2. The van der Waals surface area contributed by atoms with Crippen LogP contribution in [0.15, 0.2) is 48.5 Å². The number of likely N-dealkylation sites (tertiary alicyclic amines) is 1. The maximum absolute atomic E-state index is 12.0. The van der Waals surface area contributed by atoms with E-state index in [2.05, 4.69) is 43.0 Å². The van der Waals surface area contributed by atoms with Crippen LogP contribution in [-0.2, 0) is 10.2 Å². The summed E-state index contributed by atoms with van der Waals surface area (Å²) >= 11 is 11.2. The van der Waals surface area contributed by atoms with Crippen molar-refractivity contribution in [2.45, 2.75) is 51.1 Å². The van der Waals surface area contributed by atoms with Crippen molar-refractivity contribution < 1.29 is 4.79 Å². The minimum atomic E-state index is 0.0787. The third kappa shape index (κ3) is 4.47. The molecule has 4 rings (SSSR count). The van der Waals surface area contributed by atoms with Gasteiger partial charge in [-0.2, -0.15) is 0 Å². The first-order valence-corrected chi connectivity index (χ1v) is 11.0. The lowest BCUT2D eigenvalue weighted by Crippen LogP contribution is -2.50. The molecule has 2 aromatic rings. The average molecular weight is 433 g/mol. The van der Waals surface area contributed by atoms with Crippen LogP contribution in [-0.4, -0.2) is 41.9 Å². The molecule has 2 aromatic carbocycles. The Morgan fingerprint density at radius 2 is 1.52 bits per heavy atom. The van der Waals surface area contributed by atoms with E-state index in [9.17, 15) is 4.79 Å². The lowest BCUT2D eigenvalue weighted by atomic mass is 9.81. The second kappa shape index (κ2) is 9.07. The number of hydrogen-bond acceptors (Lipinski definition) is 2. The topological polar surface area (TPSA) is 23.6 Å². The van der Waals surface area contributed by atoms with Crippen molar-refractivity contribution in [2.24, 2.45) is 0 Å². The maximum atomic E-state index is 12.0. The summed E-state index contributed by atoms with van der Waals surface area (Å²) in [5.41, 5.74) is 2.81. The number of hydrogen-bond donors (Lipinski definition) is 0.